The molecule has 0 amide bonds. The third kappa shape index (κ3) is 3.36. The molecular formula is C6H12ClNO. The third-order valence-electron chi connectivity index (χ3n) is 0.943. The van der Waals surface area contributed by atoms with Crippen LogP contribution >= 0.6 is 11.6 Å². The summed E-state index contributed by atoms with van der Waals surface area (Å²) < 4.78 is 4.85. The van der Waals surface area contributed by atoms with Crippen LogP contribution in [0.5, 0.6) is 0 Å². The Hall–Kier alpha value is -0.240. The lowest BCUT2D eigenvalue weighted by atomic mass is 10.3. The molecule has 0 spiro atoms. The molecular weight excluding hydrogens is 138 g/mol. The predicted molar refractivity (Wildman–Crippen MR) is 39.3 cm³/mol. The molecule has 0 aromatic rings. The fraction of sp³-hybridized carbons (Fsp3) is 0.833. The lowest BCUT2D eigenvalue weighted by molar-refractivity contribution is 0.314. The van der Waals surface area contributed by atoms with Crippen molar-refractivity contribution in [1.82, 2.24) is 0 Å². The molecule has 0 aromatic heterocycles. The predicted octanol–water partition coefficient (Wildman–Crippen LogP) is 2.02. The van der Waals surface area contributed by atoms with Crippen molar-refractivity contribution in [3.05, 3.63) is 0 Å². The number of hydrogen-bond donors (Lipinski definition) is 1. The lowest BCUT2D eigenvalue weighted by Crippen LogP contribution is -2.15. The Bertz CT molecular complexity index is 95.1. The lowest BCUT2D eigenvalue weighted by Gasteiger charge is -2.07. The number of halogens is 1. The van der Waals surface area contributed by atoms with E-state index in [4.69, 9.17) is 21.7 Å². The van der Waals surface area contributed by atoms with E-state index in [0.717, 1.165) is 6.42 Å². The van der Waals surface area contributed by atoms with Crippen molar-refractivity contribution in [2.45, 2.75) is 25.6 Å². The molecule has 0 bridgehead atoms. The Balaban J connectivity index is 3.46. The molecule has 0 aliphatic heterocycles. The van der Waals surface area contributed by atoms with Gasteiger partial charge in [-0.05, 0) is 13.3 Å². The first-order valence-electron chi connectivity index (χ1n) is 3.07. The fourth-order valence-electron chi connectivity index (χ4n) is 0.431. The van der Waals surface area contributed by atoms with Crippen LogP contribution in [-0.2, 0) is 4.74 Å². The Morgan fingerprint density at radius 2 is 2.22 bits per heavy atom. The minimum atomic E-state index is -0.245. The molecule has 0 heterocycles. The van der Waals surface area contributed by atoms with E-state index in [9.17, 15) is 0 Å². The molecule has 3 heteroatoms. The highest BCUT2D eigenvalue weighted by Crippen LogP contribution is 2.02. The first-order valence-corrected chi connectivity index (χ1v) is 3.51. The van der Waals surface area contributed by atoms with Gasteiger partial charge >= 0.3 is 0 Å². The van der Waals surface area contributed by atoms with Crippen molar-refractivity contribution in [3.8, 4) is 0 Å². The van der Waals surface area contributed by atoms with Gasteiger partial charge in [0.05, 0.1) is 6.61 Å². The molecule has 0 rings (SSSR count). The van der Waals surface area contributed by atoms with Crippen LogP contribution in [0.2, 0.25) is 0 Å². The van der Waals surface area contributed by atoms with E-state index >= 15 is 0 Å². The van der Waals surface area contributed by atoms with Gasteiger partial charge in [-0.1, -0.05) is 6.92 Å². The quantitative estimate of drug-likeness (QED) is 0.372. The van der Waals surface area contributed by atoms with Gasteiger partial charge in [-0.15, -0.1) is 11.6 Å². The van der Waals surface area contributed by atoms with Gasteiger partial charge in [0, 0.05) is 0 Å². The van der Waals surface area contributed by atoms with Gasteiger partial charge in [0.1, 0.15) is 5.38 Å². The Kier molecular flexibility index (Phi) is 4.50. The summed E-state index contributed by atoms with van der Waals surface area (Å²) >= 11 is 5.64. The van der Waals surface area contributed by atoms with Crippen LogP contribution in [0.1, 0.15) is 20.3 Å². The van der Waals surface area contributed by atoms with E-state index in [1.54, 1.807) is 0 Å². The number of rotatable bonds is 3. The summed E-state index contributed by atoms with van der Waals surface area (Å²) in [6.45, 7) is 4.29. The maximum absolute atomic E-state index is 7.14. The molecule has 0 radical (unpaired) electrons. The van der Waals surface area contributed by atoms with Gasteiger partial charge in [-0.25, -0.2) is 0 Å². The maximum atomic E-state index is 7.14. The summed E-state index contributed by atoms with van der Waals surface area (Å²) in [6.07, 6.45) is 0.750. The molecule has 0 saturated heterocycles. The van der Waals surface area contributed by atoms with Crippen molar-refractivity contribution in [1.29, 1.82) is 5.41 Å². The van der Waals surface area contributed by atoms with Crippen LogP contribution in [0.3, 0.4) is 0 Å². The zero-order valence-electron chi connectivity index (χ0n) is 5.78. The average molecular weight is 150 g/mol. The van der Waals surface area contributed by atoms with Crippen molar-refractivity contribution in [2.24, 2.45) is 0 Å². The highest BCUT2D eigenvalue weighted by molar-refractivity contribution is 6.30. The van der Waals surface area contributed by atoms with Crippen molar-refractivity contribution in [3.63, 3.8) is 0 Å². The standard InChI is InChI=1S/C6H12ClNO/c1-3-5(7)6(8)9-4-2/h5,8H,3-4H2,1-2H3. The van der Waals surface area contributed by atoms with E-state index < -0.39 is 0 Å². The molecule has 0 aliphatic rings. The molecule has 1 N–H and O–H groups in total. The zero-order chi connectivity index (χ0) is 7.28. The molecule has 1 atom stereocenters. The SMILES string of the molecule is CCOC(=N)C(Cl)CC. The van der Waals surface area contributed by atoms with Gasteiger partial charge in [-0.3, -0.25) is 5.41 Å². The zero-order valence-corrected chi connectivity index (χ0v) is 6.53. The van der Waals surface area contributed by atoms with Crippen molar-refractivity contribution >= 4 is 17.5 Å². The van der Waals surface area contributed by atoms with Crippen LogP contribution in [0.25, 0.3) is 0 Å². The fourth-order valence-corrected chi connectivity index (χ4v) is 0.494. The molecule has 1 unspecified atom stereocenters. The topological polar surface area (TPSA) is 33.1 Å². The number of ether oxygens (including phenoxy) is 1. The van der Waals surface area contributed by atoms with E-state index in [-0.39, 0.29) is 11.3 Å². The second-order valence-corrected chi connectivity index (χ2v) is 2.20. The van der Waals surface area contributed by atoms with Gasteiger partial charge in [0.15, 0.2) is 5.90 Å². The minimum Gasteiger partial charge on any atom is -0.480 e. The van der Waals surface area contributed by atoms with E-state index in [0.29, 0.717) is 6.61 Å². The summed E-state index contributed by atoms with van der Waals surface area (Å²) in [6, 6.07) is 0. The summed E-state index contributed by atoms with van der Waals surface area (Å²) in [7, 11) is 0. The Morgan fingerprint density at radius 1 is 1.67 bits per heavy atom. The average Bonchev–Trinajstić information content (AvgIpc) is 1.87. The summed E-state index contributed by atoms with van der Waals surface area (Å²) in [4.78, 5) is 0. The van der Waals surface area contributed by atoms with Gasteiger partial charge in [0.25, 0.3) is 0 Å². The van der Waals surface area contributed by atoms with E-state index in [2.05, 4.69) is 0 Å². The molecule has 0 aliphatic carbocycles. The second kappa shape index (κ2) is 4.62. The summed E-state index contributed by atoms with van der Waals surface area (Å²) in [5.41, 5.74) is 0. The molecule has 0 fully saturated rings. The molecule has 2 nitrogen and oxygen atoms in total. The molecule has 0 saturated carbocycles. The maximum Gasteiger partial charge on any atom is 0.198 e. The first-order chi connectivity index (χ1) is 4.22. The third-order valence-corrected chi connectivity index (χ3v) is 1.45. The second-order valence-electron chi connectivity index (χ2n) is 1.67. The molecule has 0 aromatic carbocycles. The number of alkyl halides is 1. The van der Waals surface area contributed by atoms with Crippen LogP contribution in [-0.4, -0.2) is 17.9 Å². The Morgan fingerprint density at radius 3 is 2.56 bits per heavy atom. The van der Waals surface area contributed by atoms with Gasteiger partial charge < -0.3 is 4.74 Å². The molecule has 9 heavy (non-hydrogen) atoms. The van der Waals surface area contributed by atoms with Crippen molar-refractivity contribution in [2.75, 3.05) is 6.61 Å². The normalized spacial score (nSPS) is 12.8. The molecule has 54 valence electrons. The van der Waals surface area contributed by atoms with Crippen LogP contribution < -0.4 is 0 Å². The van der Waals surface area contributed by atoms with Crippen LogP contribution in [0.4, 0.5) is 0 Å². The van der Waals surface area contributed by atoms with Crippen LogP contribution in [0, 0.1) is 5.41 Å². The van der Waals surface area contributed by atoms with Gasteiger partial charge in [0.2, 0.25) is 0 Å². The summed E-state index contributed by atoms with van der Waals surface area (Å²) in [5.74, 6) is 0.182. The van der Waals surface area contributed by atoms with Crippen LogP contribution in [0.15, 0.2) is 0 Å². The monoisotopic (exact) mass is 149 g/mol. The number of hydrogen-bond acceptors (Lipinski definition) is 2. The highest BCUT2D eigenvalue weighted by Gasteiger charge is 2.07. The number of nitrogens with one attached hydrogen (secondary N) is 1. The Labute approximate surface area is 60.7 Å². The first kappa shape index (κ1) is 8.76. The van der Waals surface area contributed by atoms with E-state index in [1.165, 1.54) is 0 Å². The van der Waals surface area contributed by atoms with Crippen molar-refractivity contribution < 1.29 is 4.74 Å². The van der Waals surface area contributed by atoms with E-state index in [1.807, 2.05) is 13.8 Å². The smallest absolute Gasteiger partial charge is 0.198 e. The largest absolute Gasteiger partial charge is 0.480 e. The summed E-state index contributed by atoms with van der Waals surface area (Å²) in [5, 5.41) is 6.90. The highest BCUT2D eigenvalue weighted by atomic mass is 35.5. The minimum absolute atomic E-state index is 0.182. The van der Waals surface area contributed by atoms with Gasteiger partial charge in [-0.2, -0.15) is 0 Å².